The second-order valence-corrected chi connectivity index (χ2v) is 10.1. The normalized spacial score (nSPS) is 21.9. The van der Waals surface area contributed by atoms with Gasteiger partial charge in [-0.25, -0.2) is 0 Å². The van der Waals surface area contributed by atoms with E-state index in [4.69, 9.17) is 0 Å². The van der Waals surface area contributed by atoms with Gasteiger partial charge < -0.3 is 14.8 Å². The lowest BCUT2D eigenvalue weighted by atomic mass is 9.76. The van der Waals surface area contributed by atoms with Gasteiger partial charge in [0.1, 0.15) is 6.54 Å². The highest BCUT2D eigenvalue weighted by atomic mass is 16.2. The number of amides is 2. The minimum absolute atomic E-state index is 0.00442. The van der Waals surface area contributed by atoms with Gasteiger partial charge in [-0.1, -0.05) is 77.9 Å². The smallest absolute Gasteiger partial charge is 0.255 e. The van der Waals surface area contributed by atoms with Crippen LogP contribution in [0.3, 0.4) is 0 Å². The zero-order valence-electron chi connectivity index (χ0n) is 20.3. The zero-order chi connectivity index (χ0) is 24.3. The quantitative estimate of drug-likeness (QED) is 0.464. The number of aromatic amines is 1. The van der Waals surface area contributed by atoms with Crippen molar-refractivity contribution in [2.45, 2.75) is 38.8 Å². The van der Waals surface area contributed by atoms with Gasteiger partial charge in [-0.05, 0) is 43.5 Å². The van der Waals surface area contributed by atoms with Gasteiger partial charge >= 0.3 is 0 Å². The van der Waals surface area contributed by atoms with Gasteiger partial charge in [0, 0.05) is 29.9 Å². The minimum atomic E-state index is -1.07. The number of nitrogens with one attached hydrogen (secondary N) is 1. The molecule has 1 fully saturated rings. The summed E-state index contributed by atoms with van der Waals surface area (Å²) in [6, 6.07) is 24.9. The number of nitrogens with zero attached hydrogens (tertiary/aromatic N) is 2. The summed E-state index contributed by atoms with van der Waals surface area (Å²) in [7, 11) is 0. The number of piperazine rings is 1. The van der Waals surface area contributed by atoms with Crippen molar-refractivity contribution in [1.29, 1.82) is 0 Å². The van der Waals surface area contributed by atoms with E-state index < -0.39 is 5.54 Å². The Morgan fingerprint density at radius 3 is 2.29 bits per heavy atom. The van der Waals surface area contributed by atoms with E-state index in [1.165, 1.54) is 11.1 Å². The fourth-order valence-electron chi connectivity index (χ4n) is 5.82. The van der Waals surface area contributed by atoms with Gasteiger partial charge in [0.25, 0.3) is 5.91 Å². The Kier molecular flexibility index (Phi) is 4.85. The molecule has 176 valence electrons. The van der Waals surface area contributed by atoms with Crippen LogP contribution < -0.4 is 0 Å². The topological polar surface area (TPSA) is 56.4 Å². The van der Waals surface area contributed by atoms with Crippen LogP contribution in [0, 0.1) is 13.8 Å². The Balaban J connectivity index is 1.49. The van der Waals surface area contributed by atoms with Gasteiger partial charge in [-0.15, -0.1) is 0 Å². The van der Waals surface area contributed by atoms with Crippen molar-refractivity contribution in [3.63, 3.8) is 0 Å². The van der Waals surface area contributed by atoms with E-state index in [-0.39, 0.29) is 24.3 Å². The molecule has 2 aliphatic heterocycles. The Bertz CT molecular complexity index is 1450. The summed E-state index contributed by atoms with van der Waals surface area (Å²) in [5.74, 6) is -0.0521. The van der Waals surface area contributed by atoms with Gasteiger partial charge in [0.2, 0.25) is 5.91 Å². The maximum absolute atomic E-state index is 14.1. The van der Waals surface area contributed by atoms with E-state index in [1.54, 1.807) is 4.90 Å². The van der Waals surface area contributed by atoms with Crippen molar-refractivity contribution in [2.75, 3.05) is 13.1 Å². The molecule has 35 heavy (non-hydrogen) atoms. The predicted octanol–water partition coefficient (Wildman–Crippen LogP) is 5.02. The lowest BCUT2D eigenvalue weighted by Crippen LogP contribution is -2.67. The van der Waals surface area contributed by atoms with E-state index in [0.717, 1.165) is 33.3 Å². The lowest BCUT2D eigenvalue weighted by Gasteiger charge is -2.51. The number of aromatic nitrogens is 1. The summed E-state index contributed by atoms with van der Waals surface area (Å²) in [6.45, 7) is 7.03. The maximum atomic E-state index is 14.1. The fourth-order valence-corrected chi connectivity index (χ4v) is 5.82. The molecule has 1 aromatic heterocycles. The lowest BCUT2D eigenvalue weighted by molar-refractivity contribution is -0.166. The molecule has 0 radical (unpaired) electrons. The third-order valence-corrected chi connectivity index (χ3v) is 7.79. The number of hydrogen-bond donors (Lipinski definition) is 1. The summed E-state index contributed by atoms with van der Waals surface area (Å²) in [5, 5.41) is 1.12. The summed E-state index contributed by atoms with van der Waals surface area (Å²) >= 11 is 0. The van der Waals surface area contributed by atoms with Crippen LogP contribution in [0.1, 0.15) is 46.4 Å². The van der Waals surface area contributed by atoms with E-state index in [9.17, 15) is 9.59 Å². The van der Waals surface area contributed by atoms with Gasteiger partial charge in [-0.2, -0.15) is 0 Å². The van der Waals surface area contributed by atoms with Crippen LogP contribution in [-0.2, 0) is 21.7 Å². The first-order valence-electron chi connectivity index (χ1n) is 12.2. The number of fused-ring (bicyclic) bond motifs is 5. The molecular formula is C30H29N3O2. The van der Waals surface area contributed by atoms with Gasteiger partial charge in [0.15, 0.2) is 5.54 Å². The van der Waals surface area contributed by atoms with Crippen molar-refractivity contribution < 1.29 is 9.59 Å². The third-order valence-electron chi connectivity index (χ3n) is 7.79. The number of carbonyl (C=O) groups is 2. The average molecular weight is 464 g/mol. The van der Waals surface area contributed by atoms with Crippen LogP contribution in [0.15, 0.2) is 72.8 Å². The summed E-state index contributed by atoms with van der Waals surface area (Å²) in [5.41, 5.74) is 6.44. The third kappa shape index (κ3) is 3.29. The number of benzene rings is 3. The van der Waals surface area contributed by atoms with Crippen LogP contribution in [0.4, 0.5) is 0 Å². The molecule has 1 saturated heterocycles. The average Bonchev–Trinajstić information content (AvgIpc) is 3.25. The predicted molar refractivity (Wildman–Crippen MR) is 137 cm³/mol. The van der Waals surface area contributed by atoms with Crippen molar-refractivity contribution in [3.05, 3.63) is 106 Å². The largest absolute Gasteiger partial charge is 0.356 e. The first kappa shape index (κ1) is 21.7. The standard InChI is InChI=1S/C30H29N3O2/c1-19-8-12-21(13-9-19)16-32-18-26(34)33-17-24(22-14-10-20(2)11-15-22)27-23-6-4-5-7-25(23)31-28(27)30(33,3)29(32)35/h4-15,24,31H,16-18H2,1-3H3. The molecule has 3 heterocycles. The molecule has 5 nitrogen and oxygen atoms in total. The van der Waals surface area contributed by atoms with Crippen LogP contribution in [0.25, 0.3) is 10.9 Å². The maximum Gasteiger partial charge on any atom is 0.255 e. The first-order chi connectivity index (χ1) is 16.9. The molecule has 1 N–H and O–H groups in total. The molecule has 2 unspecified atom stereocenters. The molecule has 3 aromatic carbocycles. The van der Waals surface area contributed by atoms with Crippen LogP contribution >= 0.6 is 0 Å². The SMILES string of the molecule is Cc1ccc(CN2CC(=O)N3CC(c4ccc(C)cc4)c4c([nH]c5ccccc45)C3(C)C2=O)cc1. The molecular weight excluding hydrogens is 434 g/mol. The monoisotopic (exact) mass is 463 g/mol. The van der Waals surface area contributed by atoms with Crippen molar-refractivity contribution in [2.24, 2.45) is 0 Å². The number of aryl methyl sites for hydroxylation is 2. The summed E-state index contributed by atoms with van der Waals surface area (Å²) in [4.78, 5) is 34.8. The van der Waals surface area contributed by atoms with Crippen molar-refractivity contribution in [1.82, 2.24) is 14.8 Å². The van der Waals surface area contributed by atoms with E-state index in [1.807, 2.05) is 61.2 Å². The van der Waals surface area contributed by atoms with Crippen molar-refractivity contribution >= 4 is 22.7 Å². The molecule has 0 aliphatic carbocycles. The number of rotatable bonds is 3. The highest BCUT2D eigenvalue weighted by Gasteiger charge is 2.56. The molecule has 0 spiro atoms. The van der Waals surface area contributed by atoms with Crippen LogP contribution in [0.2, 0.25) is 0 Å². The van der Waals surface area contributed by atoms with Crippen LogP contribution in [-0.4, -0.2) is 39.7 Å². The second kappa shape index (κ2) is 7.84. The Morgan fingerprint density at radius 2 is 1.57 bits per heavy atom. The van der Waals surface area contributed by atoms with Gasteiger partial charge in [0.05, 0.1) is 5.69 Å². The fraction of sp³-hybridized carbons (Fsp3) is 0.267. The highest BCUT2D eigenvalue weighted by molar-refractivity contribution is 6.01. The molecule has 0 bridgehead atoms. The highest BCUT2D eigenvalue weighted by Crippen LogP contribution is 2.48. The minimum Gasteiger partial charge on any atom is -0.356 e. The first-order valence-corrected chi connectivity index (χ1v) is 12.2. The number of hydrogen-bond acceptors (Lipinski definition) is 2. The van der Waals surface area contributed by atoms with Crippen LogP contribution in [0.5, 0.6) is 0 Å². The van der Waals surface area contributed by atoms with Gasteiger partial charge in [-0.3, -0.25) is 9.59 Å². The molecule has 2 amide bonds. The number of para-hydroxylation sites is 1. The molecule has 2 atom stereocenters. The Morgan fingerprint density at radius 1 is 0.914 bits per heavy atom. The molecule has 4 aromatic rings. The van der Waals surface area contributed by atoms with Crippen molar-refractivity contribution in [3.8, 4) is 0 Å². The Labute approximate surface area is 205 Å². The second-order valence-electron chi connectivity index (χ2n) is 10.1. The summed E-state index contributed by atoms with van der Waals surface area (Å²) in [6.07, 6.45) is 0. The number of carbonyl (C=O) groups excluding carboxylic acids is 2. The summed E-state index contributed by atoms with van der Waals surface area (Å²) < 4.78 is 0. The van der Waals surface area contributed by atoms with E-state index >= 15 is 0 Å². The molecule has 2 aliphatic rings. The molecule has 0 saturated carbocycles. The zero-order valence-corrected chi connectivity index (χ0v) is 20.3. The van der Waals surface area contributed by atoms with E-state index in [2.05, 4.69) is 42.2 Å². The number of H-pyrrole nitrogens is 1. The Hall–Kier alpha value is -3.86. The molecule has 6 rings (SSSR count). The molecule has 5 heteroatoms. The van der Waals surface area contributed by atoms with E-state index in [0.29, 0.717) is 13.1 Å².